The molecule has 0 N–H and O–H groups in total. The molecule has 0 saturated carbocycles. The van der Waals surface area contributed by atoms with E-state index in [1.165, 1.54) is 0 Å². The Morgan fingerprint density at radius 1 is 1.04 bits per heavy atom. The number of nitrogens with zero attached hydrogens (tertiary/aromatic N) is 2. The fourth-order valence-electron chi connectivity index (χ4n) is 2.97. The second-order valence-corrected chi connectivity index (χ2v) is 12.1. The predicted molar refractivity (Wildman–Crippen MR) is 100 cm³/mol. The summed E-state index contributed by atoms with van der Waals surface area (Å²) in [4.78, 5) is 4.48. The van der Waals surface area contributed by atoms with Gasteiger partial charge in [0.2, 0.25) is 5.88 Å². The van der Waals surface area contributed by atoms with Crippen LogP contribution >= 0.6 is 23.3 Å². The van der Waals surface area contributed by atoms with E-state index in [0.29, 0.717) is 37.7 Å². The van der Waals surface area contributed by atoms with E-state index in [1.807, 2.05) is 0 Å². The summed E-state index contributed by atoms with van der Waals surface area (Å²) in [5.74, 6) is 0.763. The van der Waals surface area contributed by atoms with Crippen LogP contribution in [-0.2, 0) is 9.47 Å². The molecule has 4 nitrogen and oxygen atoms in total. The summed E-state index contributed by atoms with van der Waals surface area (Å²) in [5.41, 5.74) is -4.28. The molecule has 1 atom stereocenters. The summed E-state index contributed by atoms with van der Waals surface area (Å²) in [7, 11) is -3.07. The molecule has 0 radical (unpaired) electrons. The van der Waals surface area contributed by atoms with Gasteiger partial charge in [-0.3, -0.25) is 4.90 Å². The third-order valence-electron chi connectivity index (χ3n) is 4.49. The number of hydrogen-bond donors (Lipinski definition) is 0. The average Bonchev–Trinajstić information content (AvgIpc) is 2.67. The zero-order valence-electron chi connectivity index (χ0n) is 14.3. The molecular formula is C17H22BrF3N2O2S. The zero-order chi connectivity index (χ0) is 18.6. The average molecular weight is 455 g/mol. The number of alkyl halides is 3. The summed E-state index contributed by atoms with van der Waals surface area (Å²) in [6.07, 6.45) is 1.62. The van der Waals surface area contributed by atoms with Crippen molar-refractivity contribution in [2.75, 3.05) is 51.7 Å². The standard InChI is InChI=1S/C17H22BrF3N2O2S/c18-26(17(19,20)21,15-4-2-1-3-5-15)13-10-22-6-8-23(9-7-22)16-14-24-11-12-25-16/h1-5,14H,6-13H2. The van der Waals surface area contributed by atoms with Gasteiger partial charge in [-0.1, -0.05) is 26.7 Å². The maximum atomic E-state index is 13.8. The molecule has 26 heavy (non-hydrogen) atoms. The topological polar surface area (TPSA) is 24.9 Å². The highest BCUT2D eigenvalue weighted by Crippen LogP contribution is 2.72. The van der Waals surface area contributed by atoms with Crippen molar-refractivity contribution in [1.29, 1.82) is 0 Å². The van der Waals surface area contributed by atoms with Crippen LogP contribution in [0.3, 0.4) is 0 Å². The Balaban J connectivity index is 1.58. The molecule has 0 amide bonds. The lowest BCUT2D eigenvalue weighted by molar-refractivity contribution is -0.0364. The molecule has 2 aliphatic heterocycles. The minimum Gasteiger partial charge on any atom is -0.492 e. The number of piperazine rings is 1. The Morgan fingerprint density at radius 2 is 1.73 bits per heavy atom. The van der Waals surface area contributed by atoms with Crippen molar-refractivity contribution in [3.05, 3.63) is 42.5 Å². The van der Waals surface area contributed by atoms with E-state index >= 15 is 0 Å². The first-order chi connectivity index (χ1) is 12.4. The van der Waals surface area contributed by atoms with Crippen LogP contribution in [0, 0.1) is 0 Å². The summed E-state index contributed by atoms with van der Waals surface area (Å²) in [6.45, 7) is 4.33. The molecular weight excluding hydrogens is 433 g/mol. The third-order valence-corrected chi connectivity index (χ3v) is 10.2. The highest BCUT2D eigenvalue weighted by Gasteiger charge is 2.49. The molecule has 2 aliphatic rings. The minimum absolute atomic E-state index is 0.0445. The summed E-state index contributed by atoms with van der Waals surface area (Å²) >= 11 is 3.09. The molecule has 146 valence electrons. The molecule has 9 heteroatoms. The normalized spacial score (nSPS) is 22.6. The van der Waals surface area contributed by atoms with Crippen molar-refractivity contribution in [1.82, 2.24) is 9.80 Å². The lowest BCUT2D eigenvalue weighted by atomic mass is 10.3. The molecule has 1 saturated heterocycles. The zero-order valence-corrected chi connectivity index (χ0v) is 16.7. The van der Waals surface area contributed by atoms with Crippen molar-refractivity contribution >= 4 is 23.3 Å². The van der Waals surface area contributed by atoms with Gasteiger partial charge in [0, 0.05) is 43.4 Å². The summed E-state index contributed by atoms with van der Waals surface area (Å²) < 4.78 is 52.2. The molecule has 0 spiro atoms. The van der Waals surface area contributed by atoms with Crippen molar-refractivity contribution in [2.45, 2.75) is 10.4 Å². The van der Waals surface area contributed by atoms with Crippen LogP contribution in [0.25, 0.3) is 0 Å². The third kappa shape index (κ3) is 4.43. The van der Waals surface area contributed by atoms with Gasteiger partial charge in [-0.15, -0.1) is 0 Å². The number of hydrogen-bond acceptors (Lipinski definition) is 4. The van der Waals surface area contributed by atoms with E-state index in [1.54, 1.807) is 36.6 Å². The first kappa shape index (κ1) is 19.7. The van der Waals surface area contributed by atoms with Gasteiger partial charge in [-0.05, 0) is 26.9 Å². The maximum absolute atomic E-state index is 13.8. The van der Waals surface area contributed by atoms with Crippen LogP contribution in [0.1, 0.15) is 0 Å². The van der Waals surface area contributed by atoms with Crippen LogP contribution in [0.4, 0.5) is 13.2 Å². The Bertz CT molecular complexity index is 624. The Kier molecular flexibility index (Phi) is 6.29. The molecule has 1 aromatic carbocycles. The molecule has 0 bridgehead atoms. The second-order valence-electron chi connectivity index (χ2n) is 6.12. The Labute approximate surface area is 160 Å². The van der Waals surface area contributed by atoms with E-state index in [0.717, 1.165) is 19.0 Å². The summed E-state index contributed by atoms with van der Waals surface area (Å²) in [5, 5.41) is 0. The van der Waals surface area contributed by atoms with Crippen LogP contribution in [0.2, 0.25) is 0 Å². The van der Waals surface area contributed by atoms with Crippen molar-refractivity contribution in [3.8, 4) is 0 Å². The molecule has 1 fully saturated rings. The maximum Gasteiger partial charge on any atom is 0.438 e. The second kappa shape index (κ2) is 8.31. The molecule has 0 aromatic heterocycles. The Morgan fingerprint density at radius 3 is 2.31 bits per heavy atom. The van der Waals surface area contributed by atoms with Crippen LogP contribution < -0.4 is 0 Å². The van der Waals surface area contributed by atoms with Gasteiger partial charge in [0.05, 0.1) is 0 Å². The smallest absolute Gasteiger partial charge is 0.438 e. The van der Waals surface area contributed by atoms with Gasteiger partial charge in [0.15, 0.2) is 0 Å². The summed E-state index contributed by atoms with van der Waals surface area (Å²) in [6, 6.07) is 8.16. The van der Waals surface area contributed by atoms with Gasteiger partial charge >= 0.3 is 5.51 Å². The van der Waals surface area contributed by atoms with E-state index in [-0.39, 0.29) is 5.75 Å². The lowest BCUT2D eigenvalue weighted by Crippen LogP contribution is -2.47. The highest BCUT2D eigenvalue weighted by atomic mass is 79.9. The molecule has 0 aliphatic carbocycles. The van der Waals surface area contributed by atoms with Crippen molar-refractivity contribution in [3.63, 3.8) is 0 Å². The molecule has 2 heterocycles. The Hall–Kier alpha value is -1.06. The molecule has 1 unspecified atom stereocenters. The van der Waals surface area contributed by atoms with E-state index in [9.17, 15) is 13.2 Å². The SMILES string of the molecule is FC(F)(F)S(Br)(CCN1CCN(C2=COCCO2)CC1)c1ccccc1. The van der Waals surface area contributed by atoms with E-state index < -0.39 is 14.0 Å². The van der Waals surface area contributed by atoms with Gasteiger partial charge in [0.1, 0.15) is 19.5 Å². The minimum atomic E-state index is -4.28. The van der Waals surface area contributed by atoms with Gasteiger partial charge in [0.25, 0.3) is 0 Å². The van der Waals surface area contributed by atoms with Crippen molar-refractivity contribution < 1.29 is 22.6 Å². The van der Waals surface area contributed by atoms with Gasteiger partial charge in [-0.2, -0.15) is 13.2 Å². The number of halogens is 4. The van der Waals surface area contributed by atoms with Crippen LogP contribution in [-0.4, -0.2) is 67.0 Å². The van der Waals surface area contributed by atoms with Gasteiger partial charge < -0.3 is 14.4 Å². The number of benzene rings is 1. The lowest BCUT2D eigenvalue weighted by Gasteiger charge is -2.40. The first-order valence-electron chi connectivity index (χ1n) is 8.44. The largest absolute Gasteiger partial charge is 0.492 e. The van der Waals surface area contributed by atoms with Crippen LogP contribution in [0.15, 0.2) is 47.4 Å². The quantitative estimate of drug-likeness (QED) is 0.667. The monoisotopic (exact) mass is 454 g/mol. The number of rotatable bonds is 5. The first-order valence-corrected chi connectivity index (χ1v) is 12.1. The molecule has 3 rings (SSSR count). The highest BCUT2D eigenvalue weighted by molar-refractivity contribution is 9.58. The van der Waals surface area contributed by atoms with Crippen molar-refractivity contribution in [2.24, 2.45) is 0 Å². The number of ether oxygens (including phenoxy) is 2. The molecule has 1 aromatic rings. The predicted octanol–water partition coefficient (Wildman–Crippen LogP) is 4.14. The van der Waals surface area contributed by atoms with E-state index in [2.05, 4.69) is 24.6 Å². The van der Waals surface area contributed by atoms with Gasteiger partial charge in [-0.25, -0.2) is 0 Å². The van der Waals surface area contributed by atoms with E-state index in [4.69, 9.17) is 9.47 Å². The van der Waals surface area contributed by atoms with Crippen LogP contribution in [0.5, 0.6) is 0 Å². The fourth-order valence-corrected chi connectivity index (χ4v) is 5.89. The fraction of sp³-hybridized carbons (Fsp3) is 0.529.